The number of sulfonamides is 1. The van der Waals surface area contributed by atoms with Crippen LogP contribution in [0.1, 0.15) is 12.5 Å². The number of carbonyl (C=O) groups is 1. The van der Waals surface area contributed by atoms with Crippen molar-refractivity contribution in [2.45, 2.75) is 24.3 Å². The zero-order chi connectivity index (χ0) is 15.6. The summed E-state index contributed by atoms with van der Waals surface area (Å²) in [6.07, 6.45) is 0.429. The van der Waals surface area contributed by atoms with Gasteiger partial charge in [-0.05, 0) is 24.6 Å². The van der Waals surface area contributed by atoms with E-state index >= 15 is 0 Å². The fraction of sp³-hybridized carbons (Fsp3) is 0.385. The van der Waals surface area contributed by atoms with Crippen LogP contribution in [-0.4, -0.2) is 42.8 Å². The maximum atomic E-state index is 12.6. The number of nitrogens with zero attached hydrogens (tertiary/aromatic N) is 1. The van der Waals surface area contributed by atoms with Gasteiger partial charge in [-0.25, -0.2) is 8.42 Å². The fourth-order valence-corrected chi connectivity index (χ4v) is 3.97. The first-order valence-corrected chi connectivity index (χ1v) is 8.34. The van der Waals surface area contributed by atoms with E-state index in [2.05, 4.69) is 5.32 Å². The third-order valence-corrected chi connectivity index (χ3v) is 5.48. The van der Waals surface area contributed by atoms with Gasteiger partial charge in [-0.2, -0.15) is 4.31 Å². The van der Waals surface area contributed by atoms with Gasteiger partial charge in [0.1, 0.15) is 6.04 Å². The number of nitrogens with two attached hydrogens (primary N) is 1. The normalized spacial score (nSPS) is 20.0. The summed E-state index contributed by atoms with van der Waals surface area (Å²) in [7, 11) is -3.68. The second-order valence-corrected chi connectivity index (χ2v) is 7.28. The molecule has 114 valence electrons. The van der Waals surface area contributed by atoms with Gasteiger partial charge in [-0.15, -0.1) is 0 Å². The number of rotatable bonds is 4. The third-order valence-electron chi connectivity index (χ3n) is 3.35. The number of thiocarbonyl (C=S) groups is 1. The Hall–Kier alpha value is -1.51. The minimum absolute atomic E-state index is 0.163. The van der Waals surface area contributed by atoms with Gasteiger partial charge >= 0.3 is 0 Å². The summed E-state index contributed by atoms with van der Waals surface area (Å²) in [6.45, 7) is 2.17. The van der Waals surface area contributed by atoms with E-state index in [1.54, 1.807) is 19.1 Å². The largest absolute Gasteiger partial charge is 0.393 e. The molecule has 1 unspecified atom stereocenters. The molecule has 1 atom stereocenters. The highest BCUT2D eigenvalue weighted by molar-refractivity contribution is 7.89. The molecule has 1 saturated heterocycles. The zero-order valence-corrected chi connectivity index (χ0v) is 13.2. The standard InChI is InChI=1S/C13H17N3O3S2/c1-9-13(17)15-6-7-16(9)21(18,19)11-4-2-10(3-5-11)8-12(14)20/h2-5,9H,6-8H2,1H3,(H2,14,20)(H,15,17). The van der Waals surface area contributed by atoms with Crippen LogP contribution in [0.25, 0.3) is 0 Å². The third kappa shape index (κ3) is 3.39. The van der Waals surface area contributed by atoms with Crippen molar-refractivity contribution in [3.8, 4) is 0 Å². The number of benzene rings is 1. The van der Waals surface area contributed by atoms with Crippen molar-refractivity contribution in [1.82, 2.24) is 9.62 Å². The Kier molecular flexibility index (Phi) is 4.60. The van der Waals surface area contributed by atoms with E-state index in [1.807, 2.05) is 0 Å². The van der Waals surface area contributed by atoms with E-state index in [1.165, 1.54) is 16.4 Å². The molecular weight excluding hydrogens is 310 g/mol. The van der Waals surface area contributed by atoms with Gasteiger partial charge in [-0.1, -0.05) is 24.4 Å². The molecule has 0 bridgehead atoms. The van der Waals surface area contributed by atoms with Crippen molar-refractivity contribution in [3.63, 3.8) is 0 Å². The van der Waals surface area contributed by atoms with Gasteiger partial charge < -0.3 is 11.1 Å². The molecule has 0 saturated carbocycles. The van der Waals surface area contributed by atoms with Gasteiger partial charge in [0.05, 0.1) is 9.88 Å². The second-order valence-electron chi connectivity index (χ2n) is 4.87. The number of hydrogen-bond acceptors (Lipinski definition) is 4. The molecule has 1 fully saturated rings. The number of carbonyl (C=O) groups excluding carboxylic acids is 1. The molecule has 1 aromatic carbocycles. The van der Waals surface area contributed by atoms with E-state index in [0.717, 1.165) is 5.56 Å². The molecule has 8 heteroatoms. The molecule has 1 aromatic rings. The molecular formula is C13H17N3O3S2. The predicted molar refractivity (Wildman–Crippen MR) is 83.3 cm³/mol. The van der Waals surface area contributed by atoms with Gasteiger partial charge in [0.15, 0.2) is 0 Å². The van der Waals surface area contributed by atoms with Crippen LogP contribution in [0, 0.1) is 0 Å². The van der Waals surface area contributed by atoms with Gasteiger partial charge in [0.2, 0.25) is 15.9 Å². The Bertz CT molecular complexity index is 656. The lowest BCUT2D eigenvalue weighted by Gasteiger charge is -2.31. The smallest absolute Gasteiger partial charge is 0.243 e. The lowest BCUT2D eigenvalue weighted by molar-refractivity contribution is -0.126. The average Bonchev–Trinajstić information content (AvgIpc) is 2.41. The number of hydrogen-bond donors (Lipinski definition) is 2. The molecule has 0 aromatic heterocycles. The van der Waals surface area contributed by atoms with Crippen LogP contribution in [-0.2, 0) is 21.2 Å². The van der Waals surface area contributed by atoms with Crippen LogP contribution in [0.5, 0.6) is 0 Å². The monoisotopic (exact) mass is 327 g/mol. The maximum absolute atomic E-state index is 12.6. The van der Waals surface area contributed by atoms with E-state index < -0.39 is 16.1 Å². The summed E-state index contributed by atoms with van der Waals surface area (Å²) >= 11 is 4.82. The highest BCUT2D eigenvalue weighted by Crippen LogP contribution is 2.20. The van der Waals surface area contributed by atoms with Crippen LogP contribution in [0.3, 0.4) is 0 Å². The van der Waals surface area contributed by atoms with Crippen molar-refractivity contribution in [1.29, 1.82) is 0 Å². The summed E-state index contributed by atoms with van der Waals surface area (Å²) in [6, 6.07) is 5.69. The summed E-state index contributed by atoms with van der Waals surface area (Å²) in [5.41, 5.74) is 6.31. The van der Waals surface area contributed by atoms with E-state index in [0.29, 0.717) is 18.0 Å². The minimum Gasteiger partial charge on any atom is -0.393 e. The van der Waals surface area contributed by atoms with Gasteiger partial charge in [-0.3, -0.25) is 4.79 Å². The van der Waals surface area contributed by atoms with Crippen molar-refractivity contribution in [2.75, 3.05) is 13.1 Å². The van der Waals surface area contributed by atoms with E-state index in [-0.39, 0.29) is 17.3 Å². The molecule has 1 aliphatic rings. The van der Waals surface area contributed by atoms with E-state index in [4.69, 9.17) is 18.0 Å². The quantitative estimate of drug-likeness (QED) is 0.761. The summed E-state index contributed by atoms with van der Waals surface area (Å²) in [5, 5.41) is 2.64. The highest BCUT2D eigenvalue weighted by Gasteiger charge is 2.35. The van der Waals surface area contributed by atoms with Gasteiger partial charge in [0, 0.05) is 19.5 Å². The number of piperazine rings is 1. The molecule has 0 aliphatic carbocycles. The molecule has 0 spiro atoms. The Morgan fingerprint density at radius 1 is 1.43 bits per heavy atom. The Morgan fingerprint density at radius 3 is 2.62 bits per heavy atom. The fourth-order valence-electron chi connectivity index (χ4n) is 2.21. The molecule has 0 radical (unpaired) electrons. The molecule has 2 rings (SSSR count). The zero-order valence-electron chi connectivity index (χ0n) is 11.6. The van der Waals surface area contributed by atoms with Crippen LogP contribution in [0.4, 0.5) is 0 Å². The Morgan fingerprint density at radius 2 is 2.05 bits per heavy atom. The molecule has 21 heavy (non-hydrogen) atoms. The molecule has 1 heterocycles. The first kappa shape index (κ1) is 15.9. The van der Waals surface area contributed by atoms with E-state index in [9.17, 15) is 13.2 Å². The van der Waals surface area contributed by atoms with Crippen LogP contribution >= 0.6 is 12.2 Å². The van der Waals surface area contributed by atoms with Gasteiger partial charge in [0.25, 0.3) is 0 Å². The van der Waals surface area contributed by atoms with Crippen LogP contribution < -0.4 is 11.1 Å². The Balaban J connectivity index is 2.27. The average molecular weight is 327 g/mol. The molecule has 1 amide bonds. The highest BCUT2D eigenvalue weighted by atomic mass is 32.2. The predicted octanol–water partition coefficient (Wildman–Crippen LogP) is 0.0242. The maximum Gasteiger partial charge on any atom is 0.243 e. The minimum atomic E-state index is -3.68. The lowest BCUT2D eigenvalue weighted by atomic mass is 10.1. The topological polar surface area (TPSA) is 92.5 Å². The molecule has 1 aliphatic heterocycles. The molecule has 6 nitrogen and oxygen atoms in total. The van der Waals surface area contributed by atoms with Crippen molar-refractivity contribution < 1.29 is 13.2 Å². The Labute approximate surface area is 129 Å². The second kappa shape index (κ2) is 6.08. The van der Waals surface area contributed by atoms with Crippen molar-refractivity contribution >= 4 is 33.1 Å². The summed E-state index contributed by atoms with van der Waals surface area (Å²) < 4.78 is 26.4. The lowest BCUT2D eigenvalue weighted by Crippen LogP contribution is -2.55. The summed E-state index contributed by atoms with van der Waals surface area (Å²) in [5.74, 6) is -0.282. The van der Waals surface area contributed by atoms with Crippen LogP contribution in [0.2, 0.25) is 0 Å². The first-order valence-electron chi connectivity index (χ1n) is 6.49. The summed E-state index contributed by atoms with van der Waals surface area (Å²) in [4.78, 5) is 12.1. The number of amides is 1. The molecule has 3 N–H and O–H groups in total. The van der Waals surface area contributed by atoms with Crippen LogP contribution in [0.15, 0.2) is 29.2 Å². The van der Waals surface area contributed by atoms with Crippen molar-refractivity contribution in [2.24, 2.45) is 5.73 Å². The van der Waals surface area contributed by atoms with Crippen molar-refractivity contribution in [3.05, 3.63) is 29.8 Å². The first-order chi connectivity index (χ1) is 9.82. The number of nitrogens with one attached hydrogen (secondary N) is 1. The SMILES string of the molecule is CC1C(=O)NCCN1S(=O)(=O)c1ccc(CC(N)=S)cc1.